The molecule has 0 N–H and O–H groups in total. The third-order valence-corrected chi connectivity index (χ3v) is 5.66. The van der Waals surface area contributed by atoms with Crippen molar-refractivity contribution in [3.05, 3.63) is 65.9 Å². The summed E-state index contributed by atoms with van der Waals surface area (Å²) in [5.74, 6) is -1.31. The average Bonchev–Trinajstić information content (AvgIpc) is 3.25. The Morgan fingerprint density at radius 2 is 1.44 bits per heavy atom. The summed E-state index contributed by atoms with van der Waals surface area (Å²) in [5, 5.41) is 4.64. The van der Waals surface area contributed by atoms with E-state index in [1.165, 1.54) is 18.9 Å². The van der Waals surface area contributed by atoms with Crippen molar-refractivity contribution in [1.82, 2.24) is 14.7 Å². The lowest BCUT2D eigenvalue weighted by atomic mass is 10.0. The molecule has 0 amide bonds. The van der Waals surface area contributed by atoms with Gasteiger partial charge in [0, 0.05) is 37.4 Å². The predicted octanol–water partition coefficient (Wildman–Crippen LogP) is 2.86. The van der Waals surface area contributed by atoms with Gasteiger partial charge in [0.25, 0.3) is 0 Å². The Morgan fingerprint density at radius 1 is 0.812 bits per heavy atom. The first-order valence-electron chi connectivity index (χ1n) is 10.4. The van der Waals surface area contributed by atoms with E-state index >= 15 is 0 Å². The third kappa shape index (κ3) is 4.09. The lowest BCUT2D eigenvalue weighted by molar-refractivity contribution is 0.0549. The highest BCUT2D eigenvalue weighted by Gasteiger charge is 2.31. The Balaban J connectivity index is 1.80. The van der Waals surface area contributed by atoms with E-state index < -0.39 is 11.9 Å². The molecule has 0 radical (unpaired) electrons. The first-order chi connectivity index (χ1) is 15.5. The molecule has 166 valence electrons. The fraction of sp³-hybridized carbons (Fsp3) is 0.292. The Bertz CT molecular complexity index is 1100. The molecule has 0 bridgehead atoms. The maximum absolute atomic E-state index is 12.7. The summed E-state index contributed by atoms with van der Waals surface area (Å²) in [6.45, 7) is 3.94. The van der Waals surface area contributed by atoms with Gasteiger partial charge in [-0.2, -0.15) is 5.10 Å². The summed E-state index contributed by atoms with van der Waals surface area (Å²) in [6, 6.07) is 17.0. The number of hydrogen-bond donors (Lipinski definition) is 0. The van der Waals surface area contributed by atoms with Gasteiger partial charge in [-0.3, -0.25) is 0 Å². The highest BCUT2D eigenvalue weighted by Crippen LogP contribution is 2.30. The standard InChI is InChI=1S/C24H26N4O4/c1-26-13-15-27(16-14-26)18-11-9-17(10-12-18)21-20(23(29)31-2)22(24(30)32-3)28(25-21)19-7-5-4-6-8-19/h4-12H,13-16H2,1-3H3. The first-order valence-corrected chi connectivity index (χ1v) is 10.4. The lowest BCUT2D eigenvalue weighted by Crippen LogP contribution is -2.44. The topological polar surface area (TPSA) is 76.9 Å². The Morgan fingerprint density at radius 3 is 2.03 bits per heavy atom. The van der Waals surface area contributed by atoms with Gasteiger partial charge in [-0.1, -0.05) is 30.3 Å². The van der Waals surface area contributed by atoms with Gasteiger partial charge >= 0.3 is 11.9 Å². The second-order valence-corrected chi connectivity index (χ2v) is 7.64. The number of carbonyl (C=O) groups is 2. The molecule has 0 spiro atoms. The second kappa shape index (κ2) is 9.23. The smallest absolute Gasteiger partial charge is 0.357 e. The number of ether oxygens (including phenoxy) is 2. The van der Waals surface area contributed by atoms with E-state index in [0.29, 0.717) is 16.9 Å². The van der Waals surface area contributed by atoms with Gasteiger partial charge in [0.1, 0.15) is 11.3 Å². The maximum atomic E-state index is 12.7. The van der Waals surface area contributed by atoms with Gasteiger partial charge in [0.05, 0.1) is 19.9 Å². The van der Waals surface area contributed by atoms with Crippen molar-refractivity contribution in [2.24, 2.45) is 0 Å². The summed E-state index contributed by atoms with van der Waals surface area (Å²) in [6.07, 6.45) is 0. The highest BCUT2D eigenvalue weighted by atomic mass is 16.5. The van der Waals surface area contributed by atoms with Crippen molar-refractivity contribution in [2.45, 2.75) is 0 Å². The van der Waals surface area contributed by atoms with Crippen LogP contribution in [0.1, 0.15) is 20.8 Å². The molecule has 32 heavy (non-hydrogen) atoms. The Hall–Kier alpha value is -3.65. The molecule has 0 unspecified atom stereocenters. The van der Waals surface area contributed by atoms with E-state index in [4.69, 9.17) is 9.47 Å². The Labute approximate surface area is 187 Å². The van der Waals surface area contributed by atoms with Crippen LogP contribution in [0.4, 0.5) is 5.69 Å². The molecule has 1 fully saturated rings. The van der Waals surface area contributed by atoms with Crippen molar-refractivity contribution in [3.8, 4) is 16.9 Å². The molecule has 2 aromatic carbocycles. The fourth-order valence-corrected chi connectivity index (χ4v) is 3.85. The number of carbonyl (C=O) groups excluding carboxylic acids is 2. The summed E-state index contributed by atoms with van der Waals surface area (Å²) in [4.78, 5) is 30.1. The quantitative estimate of drug-likeness (QED) is 0.572. The highest BCUT2D eigenvalue weighted by molar-refractivity contribution is 6.06. The van der Waals surface area contributed by atoms with Crippen LogP contribution in [0.15, 0.2) is 54.6 Å². The zero-order chi connectivity index (χ0) is 22.7. The van der Waals surface area contributed by atoms with Crippen molar-refractivity contribution in [1.29, 1.82) is 0 Å². The van der Waals surface area contributed by atoms with Crippen molar-refractivity contribution in [2.75, 3.05) is 52.3 Å². The molecule has 0 atom stereocenters. The van der Waals surface area contributed by atoms with Gasteiger partial charge in [-0.25, -0.2) is 14.3 Å². The number of anilines is 1. The van der Waals surface area contributed by atoms with Crippen molar-refractivity contribution in [3.63, 3.8) is 0 Å². The molecule has 3 aromatic rings. The van der Waals surface area contributed by atoms with E-state index in [2.05, 4.69) is 21.9 Å². The number of piperazine rings is 1. The molecule has 1 saturated heterocycles. The molecule has 4 rings (SSSR count). The minimum Gasteiger partial charge on any atom is -0.465 e. The molecule has 0 aliphatic carbocycles. The summed E-state index contributed by atoms with van der Waals surface area (Å²) in [5.41, 5.74) is 2.93. The molecule has 1 aliphatic rings. The number of likely N-dealkylation sites (N-methyl/N-ethyl adjacent to an activating group) is 1. The number of para-hydroxylation sites is 1. The van der Waals surface area contributed by atoms with E-state index in [0.717, 1.165) is 31.9 Å². The van der Waals surface area contributed by atoms with Crippen LogP contribution in [-0.4, -0.2) is 74.1 Å². The van der Waals surface area contributed by atoms with E-state index in [1.54, 1.807) is 12.1 Å². The van der Waals surface area contributed by atoms with Crippen LogP contribution in [0.2, 0.25) is 0 Å². The molecule has 1 aromatic heterocycles. The predicted molar refractivity (Wildman–Crippen MR) is 121 cm³/mol. The SMILES string of the molecule is COC(=O)c1c(-c2ccc(N3CCN(C)CC3)cc2)nn(-c2ccccc2)c1C(=O)OC. The molecule has 2 heterocycles. The van der Waals surface area contributed by atoms with Crippen LogP contribution in [0, 0.1) is 0 Å². The molecule has 8 heteroatoms. The number of rotatable bonds is 5. The van der Waals surface area contributed by atoms with Crippen LogP contribution in [0.5, 0.6) is 0 Å². The van der Waals surface area contributed by atoms with Gasteiger partial charge in [-0.05, 0) is 31.3 Å². The first kappa shape index (κ1) is 21.6. The lowest BCUT2D eigenvalue weighted by Gasteiger charge is -2.34. The zero-order valence-corrected chi connectivity index (χ0v) is 18.4. The largest absolute Gasteiger partial charge is 0.465 e. The molecule has 8 nitrogen and oxygen atoms in total. The molecular formula is C24H26N4O4. The van der Waals surface area contributed by atoms with Crippen LogP contribution in [0.3, 0.4) is 0 Å². The summed E-state index contributed by atoms with van der Waals surface area (Å²) in [7, 11) is 4.68. The second-order valence-electron chi connectivity index (χ2n) is 7.64. The summed E-state index contributed by atoms with van der Waals surface area (Å²) >= 11 is 0. The van der Waals surface area contributed by atoms with Gasteiger partial charge in [0.15, 0.2) is 5.69 Å². The monoisotopic (exact) mass is 434 g/mol. The van der Waals surface area contributed by atoms with Crippen LogP contribution in [0.25, 0.3) is 16.9 Å². The van der Waals surface area contributed by atoms with Gasteiger partial charge in [0.2, 0.25) is 0 Å². The zero-order valence-electron chi connectivity index (χ0n) is 18.4. The van der Waals surface area contributed by atoms with E-state index in [-0.39, 0.29) is 11.3 Å². The Kier molecular flexibility index (Phi) is 6.23. The van der Waals surface area contributed by atoms with Crippen LogP contribution in [-0.2, 0) is 9.47 Å². The maximum Gasteiger partial charge on any atom is 0.357 e. The minimum atomic E-state index is -0.665. The molecular weight excluding hydrogens is 408 g/mol. The summed E-state index contributed by atoms with van der Waals surface area (Å²) < 4.78 is 11.4. The van der Waals surface area contributed by atoms with Crippen LogP contribution >= 0.6 is 0 Å². The van der Waals surface area contributed by atoms with Gasteiger partial charge in [-0.15, -0.1) is 0 Å². The number of hydrogen-bond acceptors (Lipinski definition) is 7. The molecule has 0 saturated carbocycles. The molecule has 1 aliphatic heterocycles. The average molecular weight is 434 g/mol. The number of methoxy groups -OCH3 is 2. The van der Waals surface area contributed by atoms with Crippen LogP contribution < -0.4 is 4.90 Å². The number of nitrogens with zero attached hydrogens (tertiary/aromatic N) is 4. The van der Waals surface area contributed by atoms with Gasteiger partial charge < -0.3 is 19.3 Å². The fourth-order valence-electron chi connectivity index (χ4n) is 3.85. The minimum absolute atomic E-state index is 0.0312. The van der Waals surface area contributed by atoms with Crippen molar-refractivity contribution < 1.29 is 19.1 Å². The van der Waals surface area contributed by atoms with Crippen molar-refractivity contribution >= 4 is 17.6 Å². The van der Waals surface area contributed by atoms with E-state index in [1.807, 2.05) is 42.5 Å². The number of aromatic nitrogens is 2. The van der Waals surface area contributed by atoms with E-state index in [9.17, 15) is 9.59 Å². The normalized spacial score (nSPS) is 14.3. The number of esters is 2. The third-order valence-electron chi connectivity index (χ3n) is 5.66. The number of benzene rings is 2.